The van der Waals surface area contributed by atoms with E-state index in [1.54, 1.807) is 26.0 Å². The van der Waals surface area contributed by atoms with Gasteiger partial charge in [0.15, 0.2) is 11.5 Å². The molecular formula is C32H44N2O6. The standard InChI is InChI=1S/C32H44N2O6/c1-7-29(35)33-24-13-11-12-23(21-24)26(17-15-22-16-18-27(38-5)28(20-22)39-6)40-30(36)25-14-9-10-19-34(25)31(37)32(3,4)8-2/h11-13,16,18,20-21,25-26H,7-10,14-15,17,19H2,1-6H3,(H,33,35)/t25-,26+/m0/s1. The molecule has 1 saturated heterocycles. The van der Waals surface area contributed by atoms with Crippen LogP contribution < -0.4 is 14.8 Å². The molecule has 1 heterocycles. The van der Waals surface area contributed by atoms with Crippen molar-refractivity contribution in [1.29, 1.82) is 0 Å². The van der Waals surface area contributed by atoms with Crippen LogP contribution in [0.1, 0.15) is 83.5 Å². The molecule has 0 spiro atoms. The predicted octanol–water partition coefficient (Wildman–Crippen LogP) is 6.09. The van der Waals surface area contributed by atoms with E-state index in [1.807, 2.05) is 63.2 Å². The zero-order valence-electron chi connectivity index (χ0n) is 24.7. The van der Waals surface area contributed by atoms with Crippen LogP contribution in [0.15, 0.2) is 42.5 Å². The van der Waals surface area contributed by atoms with Gasteiger partial charge in [-0.1, -0.05) is 45.9 Å². The zero-order chi connectivity index (χ0) is 29.3. The van der Waals surface area contributed by atoms with E-state index in [1.165, 1.54) is 0 Å². The normalized spacial score (nSPS) is 16.1. The fraction of sp³-hybridized carbons (Fsp3) is 0.531. The van der Waals surface area contributed by atoms with Crippen LogP contribution in [0.5, 0.6) is 11.5 Å². The van der Waals surface area contributed by atoms with Gasteiger partial charge in [0.2, 0.25) is 11.8 Å². The first-order chi connectivity index (χ1) is 19.1. The number of nitrogens with zero attached hydrogens (tertiary/aromatic N) is 1. The molecule has 2 amide bonds. The molecule has 2 aromatic carbocycles. The number of carbonyl (C=O) groups excluding carboxylic acids is 3. The van der Waals surface area contributed by atoms with Crippen molar-refractivity contribution in [3.63, 3.8) is 0 Å². The fourth-order valence-corrected chi connectivity index (χ4v) is 4.87. The van der Waals surface area contributed by atoms with Crippen molar-refractivity contribution in [1.82, 2.24) is 4.90 Å². The number of aryl methyl sites for hydroxylation is 1. The van der Waals surface area contributed by atoms with Crippen molar-refractivity contribution in [2.24, 2.45) is 5.41 Å². The van der Waals surface area contributed by atoms with Crippen LogP contribution >= 0.6 is 0 Å². The smallest absolute Gasteiger partial charge is 0.329 e. The number of amides is 2. The Kier molecular flexibility index (Phi) is 11.0. The Bertz CT molecular complexity index is 1180. The van der Waals surface area contributed by atoms with Crippen molar-refractivity contribution < 1.29 is 28.6 Å². The van der Waals surface area contributed by atoms with Crippen LogP contribution in [0.2, 0.25) is 0 Å². The molecular weight excluding hydrogens is 508 g/mol. The second-order valence-electron chi connectivity index (χ2n) is 10.9. The Hall–Kier alpha value is -3.55. The topological polar surface area (TPSA) is 94.2 Å². The molecule has 0 aliphatic carbocycles. The lowest BCUT2D eigenvalue weighted by molar-refractivity contribution is -0.165. The van der Waals surface area contributed by atoms with Crippen molar-refractivity contribution in [3.8, 4) is 11.5 Å². The van der Waals surface area contributed by atoms with Gasteiger partial charge in [0, 0.05) is 24.1 Å². The Morgan fingerprint density at radius 1 is 1.02 bits per heavy atom. The summed E-state index contributed by atoms with van der Waals surface area (Å²) in [6.07, 6.45) is 3.92. The van der Waals surface area contributed by atoms with Crippen LogP contribution in [0.4, 0.5) is 5.69 Å². The molecule has 2 atom stereocenters. The van der Waals surface area contributed by atoms with E-state index in [0.717, 1.165) is 24.0 Å². The number of methoxy groups -OCH3 is 2. The number of carbonyl (C=O) groups is 3. The van der Waals surface area contributed by atoms with Gasteiger partial charge in [-0.25, -0.2) is 4.79 Å². The molecule has 40 heavy (non-hydrogen) atoms. The number of hydrogen-bond donors (Lipinski definition) is 1. The highest BCUT2D eigenvalue weighted by molar-refractivity contribution is 5.90. The maximum absolute atomic E-state index is 13.7. The van der Waals surface area contributed by atoms with Crippen molar-refractivity contribution >= 4 is 23.5 Å². The van der Waals surface area contributed by atoms with Crippen LogP contribution in [-0.4, -0.2) is 49.5 Å². The van der Waals surface area contributed by atoms with Gasteiger partial charge in [0.05, 0.1) is 14.2 Å². The Balaban J connectivity index is 1.87. The Labute approximate surface area is 238 Å². The molecule has 0 saturated carbocycles. The van der Waals surface area contributed by atoms with E-state index < -0.39 is 17.6 Å². The molecule has 8 nitrogen and oxygen atoms in total. The average Bonchev–Trinajstić information content (AvgIpc) is 2.98. The number of benzene rings is 2. The lowest BCUT2D eigenvalue weighted by Gasteiger charge is -2.39. The minimum absolute atomic E-state index is 0.0113. The number of rotatable bonds is 12. The van der Waals surface area contributed by atoms with Gasteiger partial charge >= 0.3 is 5.97 Å². The second-order valence-corrected chi connectivity index (χ2v) is 10.9. The largest absolute Gasteiger partial charge is 0.493 e. The van der Waals surface area contributed by atoms with Gasteiger partial charge in [-0.2, -0.15) is 0 Å². The number of piperidine rings is 1. The summed E-state index contributed by atoms with van der Waals surface area (Å²) in [6.45, 7) is 8.19. The SMILES string of the molecule is CCC(=O)Nc1cccc([C@@H](CCc2ccc(OC)c(OC)c2)OC(=O)[C@@H]2CCCCN2C(=O)C(C)(C)CC)c1. The Morgan fingerprint density at radius 2 is 1.77 bits per heavy atom. The van der Waals surface area contributed by atoms with Gasteiger partial charge in [0.1, 0.15) is 12.1 Å². The van der Waals surface area contributed by atoms with E-state index in [0.29, 0.717) is 55.8 Å². The minimum atomic E-state index is -0.612. The highest BCUT2D eigenvalue weighted by atomic mass is 16.5. The van der Waals surface area contributed by atoms with Gasteiger partial charge in [-0.3, -0.25) is 9.59 Å². The minimum Gasteiger partial charge on any atom is -0.493 e. The number of hydrogen-bond acceptors (Lipinski definition) is 6. The molecule has 8 heteroatoms. The number of ether oxygens (including phenoxy) is 3. The molecule has 3 rings (SSSR count). The summed E-state index contributed by atoms with van der Waals surface area (Å²) < 4.78 is 17.0. The lowest BCUT2D eigenvalue weighted by Crippen LogP contribution is -2.52. The third kappa shape index (κ3) is 7.77. The number of nitrogens with one attached hydrogen (secondary N) is 1. The number of anilines is 1. The monoisotopic (exact) mass is 552 g/mol. The Morgan fingerprint density at radius 3 is 2.45 bits per heavy atom. The second kappa shape index (κ2) is 14.2. The van der Waals surface area contributed by atoms with E-state index in [9.17, 15) is 14.4 Å². The maximum atomic E-state index is 13.7. The molecule has 1 aliphatic heterocycles. The molecule has 0 unspecified atom stereocenters. The molecule has 0 bridgehead atoms. The maximum Gasteiger partial charge on any atom is 0.329 e. The molecule has 218 valence electrons. The molecule has 1 aliphatic rings. The third-order valence-corrected chi connectivity index (χ3v) is 7.76. The quantitative estimate of drug-likeness (QED) is 0.321. The predicted molar refractivity (Wildman–Crippen MR) is 155 cm³/mol. The van der Waals surface area contributed by atoms with Crippen molar-refractivity contribution in [2.45, 2.75) is 84.8 Å². The molecule has 2 aromatic rings. The van der Waals surface area contributed by atoms with Gasteiger partial charge in [-0.05, 0) is 73.9 Å². The highest BCUT2D eigenvalue weighted by Gasteiger charge is 2.39. The van der Waals surface area contributed by atoms with Crippen molar-refractivity contribution in [3.05, 3.63) is 53.6 Å². The van der Waals surface area contributed by atoms with E-state index in [2.05, 4.69) is 5.32 Å². The van der Waals surface area contributed by atoms with Crippen molar-refractivity contribution in [2.75, 3.05) is 26.1 Å². The first kappa shape index (κ1) is 31.0. The highest BCUT2D eigenvalue weighted by Crippen LogP contribution is 2.33. The summed E-state index contributed by atoms with van der Waals surface area (Å²) in [6, 6.07) is 12.5. The summed E-state index contributed by atoms with van der Waals surface area (Å²) in [5.41, 5.74) is 1.89. The summed E-state index contributed by atoms with van der Waals surface area (Å²) in [5.74, 6) is 0.785. The van der Waals surface area contributed by atoms with Crippen LogP contribution in [-0.2, 0) is 25.5 Å². The summed E-state index contributed by atoms with van der Waals surface area (Å²) in [7, 11) is 3.19. The molecule has 0 aromatic heterocycles. The summed E-state index contributed by atoms with van der Waals surface area (Å²) >= 11 is 0. The van der Waals surface area contributed by atoms with Crippen LogP contribution in [0.25, 0.3) is 0 Å². The first-order valence-electron chi connectivity index (χ1n) is 14.3. The van der Waals surface area contributed by atoms with E-state index in [4.69, 9.17) is 14.2 Å². The molecule has 1 N–H and O–H groups in total. The number of esters is 1. The van der Waals surface area contributed by atoms with E-state index in [-0.39, 0.29) is 17.8 Å². The van der Waals surface area contributed by atoms with Gasteiger partial charge in [-0.15, -0.1) is 0 Å². The van der Waals surface area contributed by atoms with E-state index >= 15 is 0 Å². The first-order valence-corrected chi connectivity index (χ1v) is 14.3. The van der Waals surface area contributed by atoms with Gasteiger partial charge in [0.25, 0.3) is 0 Å². The van der Waals surface area contributed by atoms with Gasteiger partial charge < -0.3 is 24.4 Å². The van der Waals surface area contributed by atoms with Crippen LogP contribution in [0.3, 0.4) is 0 Å². The number of likely N-dealkylation sites (tertiary alicyclic amines) is 1. The average molecular weight is 553 g/mol. The summed E-state index contributed by atoms with van der Waals surface area (Å²) in [5, 5.41) is 2.89. The van der Waals surface area contributed by atoms with Crippen LogP contribution in [0, 0.1) is 5.41 Å². The lowest BCUT2D eigenvalue weighted by atomic mass is 9.86. The molecule has 1 fully saturated rings. The summed E-state index contributed by atoms with van der Waals surface area (Å²) in [4.78, 5) is 40.8. The molecule has 0 radical (unpaired) electrons. The fourth-order valence-electron chi connectivity index (χ4n) is 4.87. The third-order valence-electron chi connectivity index (χ3n) is 7.76. The zero-order valence-corrected chi connectivity index (χ0v) is 24.7.